The summed E-state index contributed by atoms with van der Waals surface area (Å²) in [4.78, 5) is 11.4. The number of carbonyl (C=O) groups is 1. The lowest BCUT2D eigenvalue weighted by Crippen LogP contribution is -2.28. The number of aromatic nitrogens is 2. The Balaban J connectivity index is 2.11. The second kappa shape index (κ2) is 6.54. The quantitative estimate of drug-likeness (QED) is 0.857. The molecule has 0 saturated heterocycles. The summed E-state index contributed by atoms with van der Waals surface area (Å²) in [6.07, 6.45) is 1.97. The Morgan fingerprint density at radius 3 is 2.52 bits per heavy atom. The number of carboxylic acid groups (broad SMARTS) is 1. The summed E-state index contributed by atoms with van der Waals surface area (Å²) in [5.74, 6) is -0.880. The van der Waals surface area contributed by atoms with Gasteiger partial charge in [-0.3, -0.25) is 14.8 Å². The fraction of sp³-hybridized carbons (Fsp3) is 0.375. The summed E-state index contributed by atoms with van der Waals surface area (Å²) in [5.41, 5.74) is 2.69. The molecule has 1 aromatic heterocycles. The normalized spacial score (nSPS) is 12.6. The molecular formula is C16H21N3O2. The first kappa shape index (κ1) is 15.3. The molecule has 0 unspecified atom stereocenters. The van der Waals surface area contributed by atoms with Gasteiger partial charge >= 0.3 is 5.97 Å². The van der Waals surface area contributed by atoms with E-state index in [1.54, 1.807) is 0 Å². The van der Waals surface area contributed by atoms with Crippen LogP contribution in [0.15, 0.2) is 36.5 Å². The Morgan fingerprint density at radius 2 is 2.00 bits per heavy atom. The van der Waals surface area contributed by atoms with Crippen molar-refractivity contribution in [2.75, 3.05) is 0 Å². The zero-order valence-corrected chi connectivity index (χ0v) is 12.6. The van der Waals surface area contributed by atoms with Crippen LogP contribution in [0.4, 0.5) is 0 Å². The van der Waals surface area contributed by atoms with E-state index in [1.807, 2.05) is 48.1 Å². The molecule has 2 aromatic rings. The SMILES string of the molecule is Cc1nn(C(C)C)cc1CN[C@H](C(=O)O)c1ccccc1. The van der Waals surface area contributed by atoms with E-state index < -0.39 is 12.0 Å². The Labute approximate surface area is 124 Å². The Hall–Kier alpha value is -2.14. The molecule has 0 saturated carbocycles. The summed E-state index contributed by atoms with van der Waals surface area (Å²) in [7, 11) is 0. The van der Waals surface area contributed by atoms with Gasteiger partial charge in [0.25, 0.3) is 0 Å². The van der Waals surface area contributed by atoms with Crippen molar-refractivity contribution in [1.29, 1.82) is 0 Å². The van der Waals surface area contributed by atoms with Gasteiger partial charge in [0, 0.05) is 24.3 Å². The Bertz CT molecular complexity index is 605. The predicted molar refractivity (Wildman–Crippen MR) is 81.0 cm³/mol. The number of carboxylic acids is 1. The molecule has 1 atom stereocenters. The van der Waals surface area contributed by atoms with Gasteiger partial charge in [0.2, 0.25) is 0 Å². The number of hydrogen-bond donors (Lipinski definition) is 2. The van der Waals surface area contributed by atoms with Crippen LogP contribution in [-0.2, 0) is 11.3 Å². The number of aliphatic carboxylic acids is 1. The zero-order chi connectivity index (χ0) is 15.4. The fourth-order valence-electron chi connectivity index (χ4n) is 2.16. The maximum absolute atomic E-state index is 11.4. The maximum Gasteiger partial charge on any atom is 0.325 e. The van der Waals surface area contributed by atoms with Crippen LogP contribution in [0.1, 0.15) is 42.8 Å². The van der Waals surface area contributed by atoms with Crippen molar-refractivity contribution in [1.82, 2.24) is 15.1 Å². The standard InChI is InChI=1S/C16H21N3O2/c1-11(2)19-10-14(12(3)18-19)9-17-15(16(20)21)13-7-5-4-6-8-13/h4-8,10-11,15,17H,9H2,1-3H3,(H,20,21)/t15-/m0/s1. The second-order valence-corrected chi connectivity index (χ2v) is 5.38. The fourth-order valence-corrected chi connectivity index (χ4v) is 2.16. The van der Waals surface area contributed by atoms with Crippen molar-refractivity contribution in [2.45, 2.75) is 39.4 Å². The van der Waals surface area contributed by atoms with Gasteiger partial charge < -0.3 is 5.11 Å². The summed E-state index contributed by atoms with van der Waals surface area (Å²) in [5, 5.41) is 16.9. The molecule has 0 aliphatic rings. The minimum Gasteiger partial charge on any atom is -0.480 e. The molecule has 5 nitrogen and oxygen atoms in total. The van der Waals surface area contributed by atoms with Crippen molar-refractivity contribution in [3.63, 3.8) is 0 Å². The van der Waals surface area contributed by atoms with E-state index in [4.69, 9.17) is 0 Å². The number of rotatable bonds is 6. The molecule has 2 rings (SSSR count). The number of benzene rings is 1. The molecule has 5 heteroatoms. The van der Waals surface area contributed by atoms with E-state index in [9.17, 15) is 9.90 Å². The first-order chi connectivity index (χ1) is 9.99. The second-order valence-electron chi connectivity index (χ2n) is 5.38. The lowest BCUT2D eigenvalue weighted by molar-refractivity contribution is -0.139. The van der Waals surface area contributed by atoms with Gasteiger partial charge in [-0.2, -0.15) is 5.10 Å². The van der Waals surface area contributed by atoms with E-state index >= 15 is 0 Å². The molecule has 1 heterocycles. The van der Waals surface area contributed by atoms with Crippen LogP contribution in [0.2, 0.25) is 0 Å². The smallest absolute Gasteiger partial charge is 0.325 e. The molecule has 0 bridgehead atoms. The topological polar surface area (TPSA) is 67.2 Å². The third-order valence-corrected chi connectivity index (χ3v) is 3.42. The van der Waals surface area contributed by atoms with Crippen LogP contribution in [0.25, 0.3) is 0 Å². The van der Waals surface area contributed by atoms with Crippen molar-refractivity contribution in [2.24, 2.45) is 0 Å². The average Bonchev–Trinajstić information content (AvgIpc) is 2.82. The van der Waals surface area contributed by atoms with Gasteiger partial charge in [-0.25, -0.2) is 0 Å². The summed E-state index contributed by atoms with van der Waals surface area (Å²) < 4.78 is 1.89. The third-order valence-electron chi connectivity index (χ3n) is 3.42. The minimum atomic E-state index is -0.880. The van der Waals surface area contributed by atoms with E-state index in [0.29, 0.717) is 12.6 Å². The Morgan fingerprint density at radius 1 is 1.33 bits per heavy atom. The molecule has 0 amide bonds. The first-order valence-electron chi connectivity index (χ1n) is 7.04. The van der Waals surface area contributed by atoms with Crippen LogP contribution >= 0.6 is 0 Å². The molecule has 0 radical (unpaired) electrons. The highest BCUT2D eigenvalue weighted by atomic mass is 16.4. The highest BCUT2D eigenvalue weighted by molar-refractivity contribution is 5.75. The van der Waals surface area contributed by atoms with Crippen molar-refractivity contribution >= 4 is 5.97 Å². The average molecular weight is 287 g/mol. The van der Waals surface area contributed by atoms with Gasteiger partial charge in [-0.05, 0) is 26.3 Å². The van der Waals surface area contributed by atoms with E-state index in [1.165, 1.54) is 0 Å². The monoisotopic (exact) mass is 287 g/mol. The maximum atomic E-state index is 11.4. The predicted octanol–water partition coefficient (Wildman–Crippen LogP) is 2.69. The van der Waals surface area contributed by atoms with Crippen LogP contribution in [0.5, 0.6) is 0 Å². The van der Waals surface area contributed by atoms with Crippen molar-refractivity contribution in [3.8, 4) is 0 Å². The van der Waals surface area contributed by atoms with Gasteiger partial charge in [0.15, 0.2) is 0 Å². The molecule has 0 fully saturated rings. The Kier molecular flexibility index (Phi) is 4.75. The molecule has 112 valence electrons. The number of aryl methyl sites for hydroxylation is 1. The molecule has 0 aliphatic heterocycles. The first-order valence-corrected chi connectivity index (χ1v) is 7.04. The third kappa shape index (κ3) is 3.70. The van der Waals surface area contributed by atoms with E-state index in [0.717, 1.165) is 16.8 Å². The van der Waals surface area contributed by atoms with Crippen LogP contribution in [0.3, 0.4) is 0 Å². The largest absolute Gasteiger partial charge is 0.480 e. The van der Waals surface area contributed by atoms with Crippen molar-refractivity contribution in [3.05, 3.63) is 53.3 Å². The molecule has 21 heavy (non-hydrogen) atoms. The van der Waals surface area contributed by atoms with E-state index in [-0.39, 0.29) is 0 Å². The lowest BCUT2D eigenvalue weighted by Gasteiger charge is -2.14. The molecule has 0 spiro atoms. The molecule has 0 aliphatic carbocycles. The van der Waals surface area contributed by atoms with Gasteiger partial charge in [0.05, 0.1) is 5.69 Å². The minimum absolute atomic E-state index is 0.293. The zero-order valence-electron chi connectivity index (χ0n) is 12.6. The summed E-state index contributed by atoms with van der Waals surface area (Å²) in [6.45, 7) is 6.54. The van der Waals surface area contributed by atoms with Gasteiger partial charge in [0.1, 0.15) is 6.04 Å². The number of nitrogens with one attached hydrogen (secondary N) is 1. The highest BCUT2D eigenvalue weighted by Gasteiger charge is 2.19. The molecule has 2 N–H and O–H groups in total. The molecule has 1 aromatic carbocycles. The van der Waals surface area contributed by atoms with E-state index in [2.05, 4.69) is 24.3 Å². The van der Waals surface area contributed by atoms with Gasteiger partial charge in [-0.1, -0.05) is 30.3 Å². The van der Waals surface area contributed by atoms with Crippen LogP contribution in [0, 0.1) is 6.92 Å². The molecular weight excluding hydrogens is 266 g/mol. The lowest BCUT2D eigenvalue weighted by atomic mass is 10.1. The number of hydrogen-bond acceptors (Lipinski definition) is 3. The highest BCUT2D eigenvalue weighted by Crippen LogP contribution is 2.15. The van der Waals surface area contributed by atoms with Gasteiger partial charge in [-0.15, -0.1) is 0 Å². The van der Waals surface area contributed by atoms with Crippen LogP contribution in [-0.4, -0.2) is 20.9 Å². The van der Waals surface area contributed by atoms with Crippen LogP contribution < -0.4 is 5.32 Å². The summed E-state index contributed by atoms with van der Waals surface area (Å²) >= 11 is 0. The van der Waals surface area contributed by atoms with Crippen molar-refractivity contribution < 1.29 is 9.90 Å². The summed E-state index contributed by atoms with van der Waals surface area (Å²) in [6, 6.07) is 8.77. The number of nitrogens with zero attached hydrogens (tertiary/aromatic N) is 2.